The first-order valence-electron chi connectivity index (χ1n) is 9.16. The van der Waals surface area contributed by atoms with E-state index in [2.05, 4.69) is 10.3 Å². The second-order valence-electron chi connectivity index (χ2n) is 6.39. The number of carbonyl (C=O) groups excluding carboxylic acids is 2. The smallest absolute Gasteiger partial charge is 0.324 e. The van der Waals surface area contributed by atoms with Crippen molar-refractivity contribution in [1.82, 2.24) is 19.8 Å². The van der Waals surface area contributed by atoms with Gasteiger partial charge < -0.3 is 10.1 Å². The zero-order chi connectivity index (χ0) is 20.2. The van der Waals surface area contributed by atoms with E-state index in [4.69, 9.17) is 4.74 Å². The number of methoxy groups -OCH3 is 1. The highest BCUT2D eigenvalue weighted by Crippen LogP contribution is 2.31. The van der Waals surface area contributed by atoms with Gasteiger partial charge in [-0.1, -0.05) is 48.2 Å². The van der Waals surface area contributed by atoms with Crippen LogP contribution in [0.1, 0.15) is 0 Å². The summed E-state index contributed by atoms with van der Waals surface area (Å²) in [6.07, 6.45) is 1.80. The molecule has 1 saturated heterocycles. The molecule has 1 aromatic heterocycles. The topological polar surface area (TPSA) is 76.5 Å². The third-order valence-electron chi connectivity index (χ3n) is 4.59. The van der Waals surface area contributed by atoms with E-state index in [-0.39, 0.29) is 17.7 Å². The molecule has 0 unspecified atom stereocenters. The van der Waals surface area contributed by atoms with E-state index in [1.165, 1.54) is 16.7 Å². The van der Waals surface area contributed by atoms with Crippen LogP contribution in [0.5, 0.6) is 5.75 Å². The number of imide groups is 1. The molecule has 1 aliphatic heterocycles. The van der Waals surface area contributed by atoms with Crippen LogP contribution in [0, 0.1) is 0 Å². The SMILES string of the molecule is COc1cccc(-n2c(-c3ccccc3)cnc2SCC(=O)N2CCNC2=O)c1. The summed E-state index contributed by atoms with van der Waals surface area (Å²) in [4.78, 5) is 30.0. The summed E-state index contributed by atoms with van der Waals surface area (Å²) in [6, 6.07) is 17.3. The fourth-order valence-corrected chi connectivity index (χ4v) is 4.03. The van der Waals surface area contributed by atoms with E-state index in [0.29, 0.717) is 18.2 Å². The number of benzene rings is 2. The van der Waals surface area contributed by atoms with Crippen molar-refractivity contribution in [2.24, 2.45) is 0 Å². The summed E-state index contributed by atoms with van der Waals surface area (Å²) in [5, 5.41) is 3.32. The molecular weight excluding hydrogens is 388 g/mol. The Hall–Kier alpha value is -3.26. The quantitative estimate of drug-likeness (QED) is 0.634. The number of imidazole rings is 1. The Bertz CT molecular complexity index is 1040. The summed E-state index contributed by atoms with van der Waals surface area (Å²) in [5.74, 6) is 0.630. The predicted octanol–water partition coefficient (Wildman–Crippen LogP) is 3.19. The second-order valence-corrected chi connectivity index (χ2v) is 7.34. The van der Waals surface area contributed by atoms with E-state index in [9.17, 15) is 9.59 Å². The van der Waals surface area contributed by atoms with Crippen LogP contribution in [0.2, 0.25) is 0 Å². The molecule has 1 N–H and O–H groups in total. The van der Waals surface area contributed by atoms with E-state index < -0.39 is 0 Å². The van der Waals surface area contributed by atoms with Crippen molar-refractivity contribution >= 4 is 23.7 Å². The van der Waals surface area contributed by atoms with Crippen LogP contribution in [-0.2, 0) is 4.79 Å². The van der Waals surface area contributed by atoms with Crippen LogP contribution >= 0.6 is 11.8 Å². The Morgan fingerprint density at radius 2 is 2.03 bits per heavy atom. The molecule has 3 aromatic rings. The second kappa shape index (κ2) is 8.40. The van der Waals surface area contributed by atoms with Crippen LogP contribution < -0.4 is 10.1 Å². The molecule has 0 radical (unpaired) electrons. The summed E-state index contributed by atoms with van der Waals surface area (Å²) >= 11 is 1.31. The molecule has 29 heavy (non-hydrogen) atoms. The van der Waals surface area contributed by atoms with E-state index in [1.54, 1.807) is 13.3 Å². The van der Waals surface area contributed by atoms with Gasteiger partial charge in [-0.3, -0.25) is 14.3 Å². The molecule has 0 spiro atoms. The first-order valence-corrected chi connectivity index (χ1v) is 10.1. The zero-order valence-corrected chi connectivity index (χ0v) is 16.7. The minimum absolute atomic E-state index is 0.128. The molecule has 2 aromatic carbocycles. The van der Waals surface area contributed by atoms with Gasteiger partial charge in [0.1, 0.15) is 5.75 Å². The van der Waals surface area contributed by atoms with Gasteiger partial charge in [0, 0.05) is 24.7 Å². The molecule has 3 amide bonds. The van der Waals surface area contributed by atoms with Gasteiger partial charge in [-0.2, -0.15) is 0 Å². The van der Waals surface area contributed by atoms with Gasteiger partial charge in [0.15, 0.2) is 5.16 Å². The Morgan fingerprint density at radius 3 is 2.76 bits per heavy atom. The van der Waals surface area contributed by atoms with Crippen LogP contribution in [0.25, 0.3) is 16.9 Å². The van der Waals surface area contributed by atoms with Gasteiger partial charge in [-0.25, -0.2) is 9.78 Å². The summed E-state index contributed by atoms with van der Waals surface area (Å²) in [7, 11) is 1.63. The highest BCUT2D eigenvalue weighted by molar-refractivity contribution is 7.99. The Balaban J connectivity index is 1.67. The van der Waals surface area contributed by atoms with E-state index in [1.807, 2.05) is 59.2 Å². The van der Waals surface area contributed by atoms with Crippen molar-refractivity contribution in [1.29, 1.82) is 0 Å². The van der Waals surface area contributed by atoms with Crippen molar-refractivity contribution in [3.63, 3.8) is 0 Å². The first kappa shape index (κ1) is 19.1. The lowest BCUT2D eigenvalue weighted by atomic mass is 10.1. The molecule has 2 heterocycles. The van der Waals surface area contributed by atoms with Crippen molar-refractivity contribution in [2.45, 2.75) is 5.16 Å². The third-order valence-corrected chi connectivity index (χ3v) is 5.53. The number of thioether (sulfide) groups is 1. The van der Waals surface area contributed by atoms with Crippen LogP contribution in [0.4, 0.5) is 4.79 Å². The highest BCUT2D eigenvalue weighted by atomic mass is 32.2. The lowest BCUT2D eigenvalue weighted by Gasteiger charge is -2.14. The molecule has 7 nitrogen and oxygen atoms in total. The number of hydrogen-bond donors (Lipinski definition) is 1. The highest BCUT2D eigenvalue weighted by Gasteiger charge is 2.26. The molecule has 0 aliphatic carbocycles. The van der Waals surface area contributed by atoms with Crippen LogP contribution in [-0.4, -0.2) is 52.3 Å². The van der Waals surface area contributed by atoms with Crippen molar-refractivity contribution < 1.29 is 14.3 Å². The van der Waals surface area contributed by atoms with Gasteiger partial charge in [0.25, 0.3) is 0 Å². The summed E-state index contributed by atoms with van der Waals surface area (Å²) in [5.41, 5.74) is 2.81. The molecule has 1 fully saturated rings. The zero-order valence-electron chi connectivity index (χ0n) is 15.9. The Kier molecular flexibility index (Phi) is 5.53. The van der Waals surface area contributed by atoms with Gasteiger partial charge in [0.05, 0.1) is 30.4 Å². The van der Waals surface area contributed by atoms with Crippen molar-refractivity contribution in [2.75, 3.05) is 26.0 Å². The summed E-state index contributed by atoms with van der Waals surface area (Å²) in [6.45, 7) is 0.893. The lowest BCUT2D eigenvalue weighted by molar-refractivity contribution is -0.124. The molecule has 1 aliphatic rings. The number of ether oxygens (including phenoxy) is 1. The molecule has 0 atom stereocenters. The van der Waals surface area contributed by atoms with Crippen LogP contribution in [0.15, 0.2) is 66.0 Å². The Labute approximate surface area is 172 Å². The number of nitrogens with zero attached hydrogens (tertiary/aromatic N) is 3. The van der Waals surface area contributed by atoms with Gasteiger partial charge in [-0.05, 0) is 12.1 Å². The molecule has 4 rings (SSSR count). The maximum atomic E-state index is 12.4. The van der Waals surface area contributed by atoms with E-state index in [0.717, 1.165) is 22.7 Å². The molecule has 148 valence electrons. The van der Waals surface area contributed by atoms with E-state index >= 15 is 0 Å². The maximum absolute atomic E-state index is 12.4. The average Bonchev–Trinajstić information content (AvgIpc) is 3.39. The number of amides is 3. The maximum Gasteiger partial charge on any atom is 0.324 e. The third kappa shape index (κ3) is 3.97. The first-order chi connectivity index (χ1) is 14.2. The minimum Gasteiger partial charge on any atom is -0.497 e. The molecule has 8 heteroatoms. The fraction of sp³-hybridized carbons (Fsp3) is 0.190. The van der Waals surface area contributed by atoms with Crippen molar-refractivity contribution in [3.8, 4) is 22.7 Å². The predicted molar refractivity (Wildman–Crippen MR) is 111 cm³/mol. The van der Waals surface area contributed by atoms with Gasteiger partial charge in [-0.15, -0.1) is 0 Å². The number of aromatic nitrogens is 2. The number of hydrogen-bond acceptors (Lipinski definition) is 5. The number of rotatable bonds is 6. The van der Waals surface area contributed by atoms with Gasteiger partial charge >= 0.3 is 6.03 Å². The lowest BCUT2D eigenvalue weighted by Crippen LogP contribution is -2.35. The number of urea groups is 1. The largest absolute Gasteiger partial charge is 0.497 e. The molecular formula is C21H20N4O3S. The Morgan fingerprint density at radius 1 is 1.21 bits per heavy atom. The monoisotopic (exact) mass is 408 g/mol. The standard InChI is InChI=1S/C21H20N4O3S/c1-28-17-9-5-8-16(12-17)25-18(15-6-3-2-4-7-15)13-23-21(25)29-14-19(26)24-11-10-22-20(24)27/h2-9,12-13H,10-11,14H2,1H3,(H,22,27). The number of carbonyl (C=O) groups is 2. The molecule has 0 bridgehead atoms. The normalized spacial score (nSPS) is 13.4. The summed E-state index contributed by atoms with van der Waals surface area (Å²) < 4.78 is 7.37. The molecule has 0 saturated carbocycles. The average molecular weight is 408 g/mol. The van der Waals surface area contributed by atoms with Crippen molar-refractivity contribution in [3.05, 3.63) is 60.8 Å². The number of nitrogens with one attached hydrogen (secondary N) is 1. The fourth-order valence-electron chi connectivity index (χ4n) is 3.16. The minimum atomic E-state index is -0.336. The van der Waals surface area contributed by atoms with Crippen LogP contribution in [0.3, 0.4) is 0 Å². The van der Waals surface area contributed by atoms with Gasteiger partial charge in [0.2, 0.25) is 5.91 Å².